The van der Waals surface area contributed by atoms with Gasteiger partial charge in [-0.1, -0.05) is 29.8 Å². The van der Waals surface area contributed by atoms with Crippen molar-refractivity contribution < 1.29 is 4.79 Å². The van der Waals surface area contributed by atoms with Crippen LogP contribution in [-0.4, -0.2) is 10.8 Å². The highest BCUT2D eigenvalue weighted by Gasteiger charge is 2.13. The van der Waals surface area contributed by atoms with Crippen molar-refractivity contribution >= 4 is 17.1 Å². The van der Waals surface area contributed by atoms with Gasteiger partial charge in [-0.15, -0.1) is 11.3 Å². The summed E-state index contributed by atoms with van der Waals surface area (Å²) >= 11 is 1.48. The van der Waals surface area contributed by atoms with Crippen molar-refractivity contribution in [1.29, 1.82) is 0 Å². The first-order chi connectivity index (χ1) is 8.06. The molecule has 1 heterocycles. The third-order valence-electron chi connectivity index (χ3n) is 2.64. The van der Waals surface area contributed by atoms with Crippen LogP contribution in [0.5, 0.6) is 0 Å². The van der Waals surface area contributed by atoms with Crippen molar-refractivity contribution in [3.63, 3.8) is 0 Å². The molecule has 0 aliphatic rings. The van der Waals surface area contributed by atoms with Gasteiger partial charge < -0.3 is 0 Å². The van der Waals surface area contributed by atoms with E-state index in [9.17, 15) is 4.79 Å². The predicted molar refractivity (Wildman–Crippen MR) is 70.8 cm³/mol. The van der Waals surface area contributed by atoms with Crippen molar-refractivity contribution in [3.05, 3.63) is 51.0 Å². The number of hydrogen-bond donors (Lipinski definition) is 0. The number of nitrogens with zero attached hydrogens (tertiary/aromatic N) is 1. The molecule has 0 N–H and O–H groups in total. The van der Waals surface area contributed by atoms with Gasteiger partial charge in [-0.2, -0.15) is 0 Å². The first kappa shape index (κ1) is 12.0. The molecule has 0 atom stereocenters. The molecule has 88 valence electrons. The lowest BCUT2D eigenvalue weighted by molar-refractivity contribution is 0.0996. The number of carbonyl (C=O) groups excluding carboxylic acids is 1. The third-order valence-corrected chi connectivity index (χ3v) is 3.76. The Kier molecular flexibility index (Phi) is 3.38. The van der Waals surface area contributed by atoms with Gasteiger partial charge in [0.1, 0.15) is 0 Å². The molecule has 0 spiro atoms. The molecule has 0 saturated carbocycles. The van der Waals surface area contributed by atoms with E-state index in [1.807, 2.05) is 45.0 Å². The molecule has 2 nitrogen and oxygen atoms in total. The van der Waals surface area contributed by atoms with E-state index in [4.69, 9.17) is 0 Å². The molecule has 0 saturated heterocycles. The van der Waals surface area contributed by atoms with E-state index in [1.165, 1.54) is 16.9 Å². The van der Waals surface area contributed by atoms with Gasteiger partial charge in [0, 0.05) is 6.42 Å². The molecule has 0 unspecified atom stereocenters. The van der Waals surface area contributed by atoms with Crippen molar-refractivity contribution in [3.8, 4) is 0 Å². The monoisotopic (exact) mass is 245 g/mol. The van der Waals surface area contributed by atoms with Gasteiger partial charge in [-0.05, 0) is 26.3 Å². The Hall–Kier alpha value is -1.48. The maximum Gasteiger partial charge on any atom is 0.179 e. The zero-order chi connectivity index (χ0) is 12.4. The SMILES string of the molecule is Cc1ccc(CC(=O)c2sc(C)nc2C)cc1. The lowest BCUT2D eigenvalue weighted by atomic mass is 10.1. The number of aromatic nitrogens is 1. The summed E-state index contributed by atoms with van der Waals surface area (Å²) in [5, 5.41) is 0.953. The van der Waals surface area contributed by atoms with E-state index in [0.717, 1.165) is 21.1 Å². The first-order valence-electron chi connectivity index (χ1n) is 5.59. The zero-order valence-corrected chi connectivity index (χ0v) is 11.1. The zero-order valence-electron chi connectivity index (χ0n) is 10.3. The molecule has 0 radical (unpaired) electrons. The van der Waals surface area contributed by atoms with Crippen molar-refractivity contribution in [1.82, 2.24) is 4.98 Å². The quantitative estimate of drug-likeness (QED) is 0.775. The van der Waals surface area contributed by atoms with Gasteiger partial charge in [0.15, 0.2) is 5.78 Å². The van der Waals surface area contributed by atoms with Gasteiger partial charge in [-0.3, -0.25) is 4.79 Å². The van der Waals surface area contributed by atoms with Crippen molar-refractivity contribution in [2.24, 2.45) is 0 Å². The Morgan fingerprint density at radius 2 is 1.82 bits per heavy atom. The second kappa shape index (κ2) is 4.80. The molecule has 0 aliphatic heterocycles. The predicted octanol–water partition coefficient (Wildman–Crippen LogP) is 3.49. The normalized spacial score (nSPS) is 10.5. The average Bonchev–Trinajstić information content (AvgIpc) is 2.61. The van der Waals surface area contributed by atoms with Crippen molar-refractivity contribution in [2.45, 2.75) is 27.2 Å². The fraction of sp³-hybridized carbons (Fsp3) is 0.286. The van der Waals surface area contributed by atoms with Crippen LogP contribution in [0.2, 0.25) is 0 Å². The van der Waals surface area contributed by atoms with E-state index in [-0.39, 0.29) is 5.78 Å². The third kappa shape index (κ3) is 2.80. The number of aryl methyl sites for hydroxylation is 3. The van der Waals surface area contributed by atoms with Crippen LogP contribution < -0.4 is 0 Å². The van der Waals surface area contributed by atoms with Crippen LogP contribution in [0.15, 0.2) is 24.3 Å². The summed E-state index contributed by atoms with van der Waals surface area (Å²) in [6.07, 6.45) is 0.461. The van der Waals surface area contributed by atoms with Crippen LogP contribution in [0, 0.1) is 20.8 Å². The Morgan fingerprint density at radius 1 is 1.18 bits per heavy atom. The van der Waals surface area contributed by atoms with Crippen LogP contribution in [0.25, 0.3) is 0 Å². The Bertz CT molecular complexity index is 540. The number of benzene rings is 1. The topological polar surface area (TPSA) is 30.0 Å². The number of hydrogen-bond acceptors (Lipinski definition) is 3. The summed E-state index contributed by atoms with van der Waals surface area (Å²) in [5.41, 5.74) is 3.13. The van der Waals surface area contributed by atoms with E-state index in [1.54, 1.807) is 0 Å². The Labute approximate surface area is 105 Å². The van der Waals surface area contributed by atoms with Crippen LogP contribution in [-0.2, 0) is 6.42 Å². The summed E-state index contributed by atoms with van der Waals surface area (Å²) < 4.78 is 0. The van der Waals surface area contributed by atoms with Gasteiger partial charge >= 0.3 is 0 Å². The highest BCUT2D eigenvalue weighted by Crippen LogP contribution is 2.19. The standard InChI is InChI=1S/C14H15NOS/c1-9-4-6-12(7-5-9)8-13(16)14-10(2)15-11(3)17-14/h4-7H,8H2,1-3H3. The minimum absolute atomic E-state index is 0.164. The summed E-state index contributed by atoms with van der Waals surface area (Å²) in [6.45, 7) is 5.87. The largest absolute Gasteiger partial charge is 0.293 e. The molecular formula is C14H15NOS. The number of thiazole rings is 1. The number of carbonyl (C=O) groups is 1. The highest BCUT2D eigenvalue weighted by molar-refractivity contribution is 7.13. The molecule has 0 fully saturated rings. The second-order valence-electron chi connectivity index (χ2n) is 4.23. The fourth-order valence-electron chi connectivity index (χ4n) is 1.76. The molecule has 2 aromatic rings. The van der Waals surface area contributed by atoms with E-state index in [0.29, 0.717) is 6.42 Å². The van der Waals surface area contributed by atoms with Gasteiger partial charge in [0.05, 0.1) is 15.6 Å². The maximum absolute atomic E-state index is 12.1. The minimum Gasteiger partial charge on any atom is -0.293 e. The summed E-state index contributed by atoms with van der Waals surface area (Å²) in [7, 11) is 0. The summed E-state index contributed by atoms with van der Waals surface area (Å²) in [5.74, 6) is 0.164. The lowest BCUT2D eigenvalue weighted by Crippen LogP contribution is -2.03. The molecular weight excluding hydrogens is 230 g/mol. The second-order valence-corrected chi connectivity index (χ2v) is 5.44. The average molecular weight is 245 g/mol. The van der Waals surface area contributed by atoms with E-state index >= 15 is 0 Å². The molecule has 17 heavy (non-hydrogen) atoms. The van der Waals surface area contributed by atoms with E-state index in [2.05, 4.69) is 4.98 Å². The van der Waals surface area contributed by atoms with Crippen LogP contribution in [0.4, 0.5) is 0 Å². The maximum atomic E-state index is 12.1. The minimum atomic E-state index is 0.164. The first-order valence-corrected chi connectivity index (χ1v) is 6.40. The fourth-order valence-corrected chi connectivity index (χ4v) is 2.62. The molecule has 1 aromatic carbocycles. The van der Waals surface area contributed by atoms with Gasteiger partial charge in [-0.25, -0.2) is 4.98 Å². The van der Waals surface area contributed by atoms with Gasteiger partial charge in [0.2, 0.25) is 0 Å². The number of rotatable bonds is 3. The molecule has 3 heteroatoms. The molecule has 2 rings (SSSR count). The molecule has 0 aliphatic carbocycles. The molecule has 1 aromatic heterocycles. The highest BCUT2D eigenvalue weighted by atomic mass is 32.1. The smallest absolute Gasteiger partial charge is 0.179 e. The summed E-state index contributed by atoms with van der Waals surface area (Å²) in [6, 6.07) is 8.09. The number of Topliss-reactive ketones (excluding diaryl/α,β-unsaturated/α-hetero) is 1. The molecule has 0 bridgehead atoms. The number of ketones is 1. The van der Waals surface area contributed by atoms with Crippen LogP contribution in [0.3, 0.4) is 0 Å². The Balaban J connectivity index is 2.17. The molecule has 0 amide bonds. The van der Waals surface area contributed by atoms with Gasteiger partial charge in [0.25, 0.3) is 0 Å². The van der Waals surface area contributed by atoms with E-state index < -0.39 is 0 Å². The van der Waals surface area contributed by atoms with Crippen molar-refractivity contribution in [2.75, 3.05) is 0 Å². The lowest BCUT2D eigenvalue weighted by Gasteiger charge is -2.00. The van der Waals surface area contributed by atoms with Crippen LogP contribution >= 0.6 is 11.3 Å². The Morgan fingerprint density at radius 3 is 2.35 bits per heavy atom. The summed E-state index contributed by atoms with van der Waals surface area (Å²) in [4.78, 5) is 17.2. The van der Waals surface area contributed by atoms with Crippen LogP contribution in [0.1, 0.15) is 31.5 Å².